The molecule has 3 nitrogen and oxygen atoms in total. The molecule has 0 saturated heterocycles. The first-order valence-electron chi connectivity index (χ1n) is 18.4. The van der Waals surface area contributed by atoms with E-state index in [-0.39, 0.29) is 0 Å². The van der Waals surface area contributed by atoms with Crippen molar-refractivity contribution in [2.45, 2.75) is 41.5 Å². The number of fused-ring (bicyclic) bond motifs is 2. The first-order chi connectivity index (χ1) is 24.8. The number of nitrogens with zero attached hydrogens (tertiary/aromatic N) is 2. The fourth-order valence-electron chi connectivity index (χ4n) is 7.94. The van der Waals surface area contributed by atoms with E-state index in [4.69, 9.17) is 0 Å². The lowest BCUT2D eigenvalue weighted by Crippen LogP contribution is -2.43. The van der Waals surface area contributed by atoms with Crippen molar-refractivity contribution in [1.29, 1.82) is 0 Å². The molecule has 1 unspecified atom stereocenters. The molecule has 1 aliphatic heterocycles. The third-order valence-electron chi connectivity index (χ3n) is 10.7. The predicted octanol–water partition coefficient (Wildman–Crippen LogP) is 7.79. The Morgan fingerprint density at radius 1 is 0.627 bits per heavy atom. The van der Waals surface area contributed by atoms with Crippen LogP contribution in [0, 0.1) is 13.8 Å². The molecule has 1 aliphatic carbocycles. The van der Waals surface area contributed by atoms with Crippen molar-refractivity contribution in [3.05, 3.63) is 166 Å². The van der Waals surface area contributed by atoms with Crippen LogP contribution in [-0.2, 0) is 4.57 Å². The van der Waals surface area contributed by atoms with Crippen LogP contribution in [0.2, 0.25) is 0 Å². The van der Waals surface area contributed by atoms with Crippen molar-refractivity contribution in [3.63, 3.8) is 0 Å². The zero-order valence-corrected chi connectivity index (χ0v) is 31.7. The van der Waals surface area contributed by atoms with E-state index in [9.17, 15) is 0 Å². The summed E-state index contributed by atoms with van der Waals surface area (Å²) in [4.78, 5) is 2.36. The molecular formula is C47H48N2OP+. The minimum Gasteiger partial charge on any atom is -0.372 e. The number of hydrogen-bond donors (Lipinski definition) is 0. The Balaban J connectivity index is 1.54. The van der Waals surface area contributed by atoms with Gasteiger partial charge in [0.1, 0.15) is 13.1 Å². The summed E-state index contributed by atoms with van der Waals surface area (Å²) in [6, 6.07) is 38.8. The maximum Gasteiger partial charge on any atom is 0.199 e. The van der Waals surface area contributed by atoms with Crippen LogP contribution >= 0.6 is 7.14 Å². The van der Waals surface area contributed by atoms with Crippen molar-refractivity contribution >= 4 is 45.6 Å². The first-order valence-corrected chi connectivity index (χ1v) is 20.1. The van der Waals surface area contributed by atoms with Gasteiger partial charge in [0.2, 0.25) is 0 Å². The van der Waals surface area contributed by atoms with Gasteiger partial charge >= 0.3 is 0 Å². The molecule has 0 aromatic heterocycles. The van der Waals surface area contributed by atoms with Gasteiger partial charge in [0.05, 0.1) is 0 Å². The third kappa shape index (κ3) is 6.08. The summed E-state index contributed by atoms with van der Waals surface area (Å²) in [5.41, 5.74) is 11.6. The minimum atomic E-state index is -3.34. The van der Waals surface area contributed by atoms with Gasteiger partial charge in [0, 0.05) is 46.8 Å². The van der Waals surface area contributed by atoms with Crippen molar-refractivity contribution in [2.24, 2.45) is 0 Å². The molecule has 1 atom stereocenters. The largest absolute Gasteiger partial charge is 0.372 e. The van der Waals surface area contributed by atoms with E-state index in [1.807, 2.05) is 18.2 Å². The van der Waals surface area contributed by atoms with E-state index in [0.29, 0.717) is 0 Å². The zero-order chi connectivity index (χ0) is 35.7. The molecule has 51 heavy (non-hydrogen) atoms. The van der Waals surface area contributed by atoms with Crippen molar-refractivity contribution in [3.8, 4) is 11.1 Å². The van der Waals surface area contributed by atoms with Crippen molar-refractivity contribution < 1.29 is 9.14 Å². The summed E-state index contributed by atoms with van der Waals surface area (Å²) >= 11 is 0. The summed E-state index contributed by atoms with van der Waals surface area (Å²) in [5, 5.41) is 4.78. The number of benzene rings is 5. The monoisotopic (exact) mass is 687 g/mol. The highest BCUT2D eigenvalue weighted by molar-refractivity contribution is 7.85. The minimum absolute atomic E-state index is 0.858. The molecule has 0 amide bonds. The van der Waals surface area contributed by atoms with E-state index >= 15 is 4.57 Å². The molecule has 1 heterocycles. The fourth-order valence-corrected chi connectivity index (χ4v) is 11.0. The summed E-state index contributed by atoms with van der Waals surface area (Å²) in [5.74, 6) is 0. The topological polar surface area (TPSA) is 23.3 Å². The van der Waals surface area contributed by atoms with Gasteiger partial charge in [-0.25, -0.2) is 4.58 Å². The number of hydrogen-bond acceptors (Lipinski definition) is 2. The number of anilines is 1. The van der Waals surface area contributed by atoms with Gasteiger partial charge in [-0.3, -0.25) is 0 Å². The van der Waals surface area contributed by atoms with Crippen LogP contribution < -0.4 is 31.3 Å². The molecule has 256 valence electrons. The number of aryl methyl sites for hydroxylation is 2. The highest BCUT2D eigenvalue weighted by Crippen LogP contribution is 2.47. The number of rotatable bonds is 8. The average molecular weight is 688 g/mol. The Labute approximate surface area is 303 Å². The second-order valence-corrected chi connectivity index (χ2v) is 16.2. The SMILES string of the molecule is CCN(CC)c1ccc(-c2ccc3c(c2)P(=O)(c2ccccc2)c2cc(=C4C=CC(=[N+](CC)CC)C=C4)ccc2=C3c2c(C)cccc2C)cc1. The van der Waals surface area contributed by atoms with E-state index in [0.717, 1.165) is 80.4 Å². The molecule has 2 aliphatic rings. The Morgan fingerprint density at radius 2 is 1.27 bits per heavy atom. The standard InChI is InChI=1S/C47H48N2OP/c1-7-48(8-2)39-25-19-35(20-26-39)37-23-29-42-44(31-37)51(50,41-17-12-11-13-18-41)45-32-38(36-21-27-40(28-22-36)49(9-3)10-4)24-30-43(45)47(42)46-33(5)15-14-16-34(46)6/h11-32H,7-10H2,1-6H3/q+1. The molecule has 0 saturated carbocycles. The van der Waals surface area contributed by atoms with Gasteiger partial charge in [0.25, 0.3) is 0 Å². The molecule has 0 radical (unpaired) electrons. The molecule has 4 heteroatoms. The maximum atomic E-state index is 16.4. The molecule has 0 bridgehead atoms. The summed E-state index contributed by atoms with van der Waals surface area (Å²) in [6.45, 7) is 17.0. The summed E-state index contributed by atoms with van der Waals surface area (Å²) in [6.07, 6.45) is 8.82. The van der Waals surface area contributed by atoms with E-state index in [1.54, 1.807) is 0 Å². The quantitative estimate of drug-likeness (QED) is 0.121. The lowest BCUT2D eigenvalue weighted by molar-refractivity contribution is -0.519. The fraction of sp³-hybridized carbons (Fsp3) is 0.213. The van der Waals surface area contributed by atoms with Crippen LogP contribution in [-0.4, -0.2) is 36.5 Å². The lowest BCUT2D eigenvalue weighted by atomic mass is 9.88. The van der Waals surface area contributed by atoms with Gasteiger partial charge in [-0.2, -0.15) is 0 Å². The van der Waals surface area contributed by atoms with Gasteiger partial charge in [-0.1, -0.05) is 84.9 Å². The Kier molecular flexibility index (Phi) is 9.69. The molecule has 0 fully saturated rings. The molecule has 5 aromatic rings. The van der Waals surface area contributed by atoms with Crippen molar-refractivity contribution in [1.82, 2.24) is 0 Å². The van der Waals surface area contributed by atoms with Gasteiger partial charge < -0.3 is 9.46 Å². The molecule has 5 aromatic carbocycles. The Hall–Kier alpha value is -4.98. The van der Waals surface area contributed by atoms with Crippen LogP contribution in [0.4, 0.5) is 5.69 Å². The molecule has 0 spiro atoms. The van der Waals surface area contributed by atoms with Gasteiger partial charge in [-0.05, 0) is 133 Å². The van der Waals surface area contributed by atoms with E-state index in [1.165, 1.54) is 28.1 Å². The Bertz CT molecular complexity index is 2350. The highest BCUT2D eigenvalue weighted by Gasteiger charge is 2.38. The van der Waals surface area contributed by atoms with Crippen LogP contribution in [0.25, 0.3) is 22.3 Å². The van der Waals surface area contributed by atoms with Crippen molar-refractivity contribution in [2.75, 3.05) is 31.1 Å². The number of allylic oxidation sites excluding steroid dienone is 4. The molecular weight excluding hydrogens is 640 g/mol. The third-order valence-corrected chi connectivity index (χ3v) is 13.8. The second-order valence-electron chi connectivity index (χ2n) is 13.5. The lowest BCUT2D eigenvalue weighted by Gasteiger charge is -2.31. The van der Waals surface area contributed by atoms with E-state index < -0.39 is 7.14 Å². The Morgan fingerprint density at radius 3 is 1.90 bits per heavy atom. The van der Waals surface area contributed by atoms with Gasteiger partial charge in [-0.15, -0.1) is 0 Å². The van der Waals surface area contributed by atoms with Crippen LogP contribution in [0.1, 0.15) is 49.9 Å². The van der Waals surface area contributed by atoms with Crippen LogP contribution in [0.3, 0.4) is 0 Å². The van der Waals surface area contributed by atoms with Crippen LogP contribution in [0.5, 0.6) is 0 Å². The average Bonchev–Trinajstić information content (AvgIpc) is 3.17. The normalized spacial score (nSPS) is 16.2. The first kappa shape index (κ1) is 34.5. The highest BCUT2D eigenvalue weighted by atomic mass is 31.2. The predicted molar refractivity (Wildman–Crippen MR) is 220 cm³/mol. The van der Waals surface area contributed by atoms with Crippen LogP contribution in [0.15, 0.2) is 133 Å². The zero-order valence-electron chi connectivity index (χ0n) is 30.8. The maximum absolute atomic E-state index is 16.4. The summed E-state index contributed by atoms with van der Waals surface area (Å²) < 4.78 is 18.8. The smallest absolute Gasteiger partial charge is 0.199 e. The second kappa shape index (κ2) is 14.3. The van der Waals surface area contributed by atoms with E-state index in [2.05, 4.69) is 166 Å². The molecule has 7 rings (SSSR count). The van der Waals surface area contributed by atoms with Gasteiger partial charge in [0.15, 0.2) is 12.9 Å². The summed E-state index contributed by atoms with van der Waals surface area (Å²) in [7, 11) is -3.34. The molecule has 0 N–H and O–H groups in total.